The van der Waals surface area contributed by atoms with E-state index in [1.165, 1.54) is 31.4 Å². The van der Waals surface area contributed by atoms with E-state index in [9.17, 15) is 23.1 Å². The fourth-order valence-corrected chi connectivity index (χ4v) is 2.73. The van der Waals surface area contributed by atoms with Gasteiger partial charge >= 0.3 is 12.2 Å². The van der Waals surface area contributed by atoms with Gasteiger partial charge in [-0.1, -0.05) is 12.1 Å². The molecule has 0 heterocycles. The molecule has 1 aliphatic carbocycles. The highest BCUT2D eigenvalue weighted by atomic mass is 19.4. The standard InChI is InChI=1S/C16H21F3N2O3/c1-24-13-8-2-10(3-9-13)14(16(17,18)19)21-15(23)20-11-4-6-12(22)7-5-11/h2-3,8-9,11-12,14,22H,4-7H2,1H3,(H2,20,21,23)/t11?,12?,14-/m0/s1. The van der Waals surface area contributed by atoms with Crippen LogP contribution in [0, 0.1) is 0 Å². The molecule has 0 aliphatic heterocycles. The summed E-state index contributed by atoms with van der Waals surface area (Å²) >= 11 is 0. The van der Waals surface area contributed by atoms with Gasteiger partial charge in [-0.3, -0.25) is 0 Å². The van der Waals surface area contributed by atoms with Gasteiger partial charge in [0, 0.05) is 6.04 Å². The summed E-state index contributed by atoms with van der Waals surface area (Å²) in [6, 6.07) is 2.18. The van der Waals surface area contributed by atoms with Crippen molar-refractivity contribution < 1.29 is 27.8 Å². The topological polar surface area (TPSA) is 70.6 Å². The van der Waals surface area contributed by atoms with E-state index in [1.807, 2.05) is 5.32 Å². The molecule has 0 spiro atoms. The highest BCUT2D eigenvalue weighted by molar-refractivity contribution is 5.75. The molecular weight excluding hydrogens is 325 g/mol. The molecule has 0 aromatic heterocycles. The van der Waals surface area contributed by atoms with Gasteiger partial charge < -0.3 is 20.5 Å². The highest BCUT2D eigenvalue weighted by Gasteiger charge is 2.42. The normalized spacial score (nSPS) is 22.5. The van der Waals surface area contributed by atoms with Crippen molar-refractivity contribution in [3.63, 3.8) is 0 Å². The first-order valence-electron chi connectivity index (χ1n) is 7.75. The summed E-state index contributed by atoms with van der Waals surface area (Å²) in [6.07, 6.45) is -2.84. The maximum absolute atomic E-state index is 13.3. The first-order chi connectivity index (χ1) is 11.3. The van der Waals surface area contributed by atoms with Crippen LogP contribution in [-0.4, -0.2) is 36.6 Å². The zero-order valence-electron chi connectivity index (χ0n) is 13.3. The fourth-order valence-electron chi connectivity index (χ4n) is 2.73. The number of aliphatic hydroxyl groups is 1. The number of nitrogens with one attached hydrogen (secondary N) is 2. The van der Waals surface area contributed by atoms with Crippen molar-refractivity contribution in [3.05, 3.63) is 29.8 Å². The van der Waals surface area contributed by atoms with Crippen molar-refractivity contribution in [1.29, 1.82) is 0 Å². The van der Waals surface area contributed by atoms with Gasteiger partial charge in [-0.15, -0.1) is 0 Å². The molecule has 5 nitrogen and oxygen atoms in total. The predicted octanol–water partition coefficient (Wildman–Crippen LogP) is 2.90. The third-order valence-corrected chi connectivity index (χ3v) is 4.08. The molecule has 1 aliphatic rings. The van der Waals surface area contributed by atoms with Gasteiger partial charge in [0.1, 0.15) is 5.75 Å². The van der Waals surface area contributed by atoms with Crippen LogP contribution >= 0.6 is 0 Å². The van der Waals surface area contributed by atoms with E-state index in [1.54, 1.807) is 0 Å². The van der Waals surface area contributed by atoms with Crippen LogP contribution in [0.1, 0.15) is 37.3 Å². The summed E-state index contributed by atoms with van der Waals surface area (Å²) in [5, 5.41) is 14.0. The lowest BCUT2D eigenvalue weighted by molar-refractivity contribution is -0.155. The molecule has 0 saturated heterocycles. The molecule has 8 heteroatoms. The number of rotatable bonds is 4. The second-order valence-corrected chi connectivity index (χ2v) is 5.87. The van der Waals surface area contributed by atoms with Crippen LogP contribution in [0.4, 0.5) is 18.0 Å². The van der Waals surface area contributed by atoms with Crippen LogP contribution in [0.25, 0.3) is 0 Å². The molecule has 1 atom stereocenters. The second-order valence-electron chi connectivity index (χ2n) is 5.87. The Bertz CT molecular complexity index is 540. The number of methoxy groups -OCH3 is 1. The predicted molar refractivity (Wildman–Crippen MR) is 81.7 cm³/mol. The maximum atomic E-state index is 13.3. The molecule has 2 rings (SSSR count). The van der Waals surface area contributed by atoms with Crippen LogP contribution in [0.5, 0.6) is 5.75 Å². The van der Waals surface area contributed by atoms with E-state index in [-0.39, 0.29) is 11.6 Å². The van der Waals surface area contributed by atoms with Gasteiger partial charge in [-0.25, -0.2) is 4.79 Å². The average molecular weight is 346 g/mol. The lowest BCUT2D eigenvalue weighted by atomic mass is 9.93. The lowest BCUT2D eigenvalue weighted by Crippen LogP contribution is -2.48. The van der Waals surface area contributed by atoms with Crippen LogP contribution in [0.2, 0.25) is 0 Å². The van der Waals surface area contributed by atoms with Crippen LogP contribution in [0.15, 0.2) is 24.3 Å². The summed E-state index contributed by atoms with van der Waals surface area (Å²) in [7, 11) is 1.42. The molecule has 1 aromatic carbocycles. The summed E-state index contributed by atoms with van der Waals surface area (Å²) in [5.74, 6) is 0.435. The zero-order chi connectivity index (χ0) is 17.7. The molecule has 1 aromatic rings. The van der Waals surface area contributed by atoms with E-state index in [4.69, 9.17) is 4.74 Å². The Morgan fingerprint density at radius 2 is 1.79 bits per heavy atom. The second kappa shape index (κ2) is 7.74. The van der Waals surface area contributed by atoms with Gasteiger partial charge in [0.05, 0.1) is 13.2 Å². The van der Waals surface area contributed by atoms with Crippen LogP contribution in [0.3, 0.4) is 0 Å². The number of hydrogen-bond donors (Lipinski definition) is 3. The van der Waals surface area contributed by atoms with Gasteiger partial charge in [-0.2, -0.15) is 13.2 Å². The minimum Gasteiger partial charge on any atom is -0.497 e. The smallest absolute Gasteiger partial charge is 0.412 e. The summed E-state index contributed by atoms with van der Waals surface area (Å²) < 4.78 is 44.7. The Balaban J connectivity index is 2.01. The zero-order valence-corrected chi connectivity index (χ0v) is 13.3. The van der Waals surface area contributed by atoms with Gasteiger partial charge in [-0.05, 0) is 43.4 Å². The Morgan fingerprint density at radius 1 is 1.21 bits per heavy atom. The molecule has 0 bridgehead atoms. The Hall–Kier alpha value is -1.96. The van der Waals surface area contributed by atoms with Crippen molar-refractivity contribution in [1.82, 2.24) is 10.6 Å². The van der Waals surface area contributed by atoms with Gasteiger partial charge in [0.2, 0.25) is 0 Å². The van der Waals surface area contributed by atoms with Crippen LogP contribution < -0.4 is 15.4 Å². The number of carbonyl (C=O) groups excluding carboxylic acids is 1. The van der Waals surface area contributed by atoms with E-state index in [0.717, 1.165) is 0 Å². The van der Waals surface area contributed by atoms with Crippen molar-refractivity contribution >= 4 is 6.03 Å². The van der Waals surface area contributed by atoms with Crippen molar-refractivity contribution in [3.8, 4) is 5.75 Å². The summed E-state index contributed by atoms with van der Waals surface area (Å²) in [6.45, 7) is 0. The third-order valence-electron chi connectivity index (χ3n) is 4.08. The number of carbonyl (C=O) groups is 1. The molecule has 24 heavy (non-hydrogen) atoms. The van der Waals surface area contributed by atoms with E-state index >= 15 is 0 Å². The molecule has 1 fully saturated rings. The van der Waals surface area contributed by atoms with E-state index < -0.39 is 24.4 Å². The van der Waals surface area contributed by atoms with Crippen molar-refractivity contribution in [2.45, 2.75) is 50.0 Å². The minimum absolute atomic E-state index is 0.0717. The number of ether oxygens (including phenoxy) is 1. The number of amides is 2. The quantitative estimate of drug-likeness (QED) is 0.785. The Labute approximate surface area is 138 Å². The number of aliphatic hydroxyl groups excluding tert-OH is 1. The average Bonchev–Trinajstić information content (AvgIpc) is 2.54. The lowest BCUT2D eigenvalue weighted by Gasteiger charge is -2.28. The number of urea groups is 1. The minimum atomic E-state index is -4.62. The molecule has 0 unspecified atom stereocenters. The largest absolute Gasteiger partial charge is 0.497 e. The van der Waals surface area contributed by atoms with Gasteiger partial charge in [0.15, 0.2) is 6.04 Å². The Kier molecular flexibility index (Phi) is 5.93. The first kappa shape index (κ1) is 18.4. The molecule has 3 N–H and O–H groups in total. The fraction of sp³-hybridized carbons (Fsp3) is 0.562. The molecule has 1 saturated carbocycles. The maximum Gasteiger partial charge on any atom is 0.412 e. The molecule has 0 radical (unpaired) electrons. The summed E-state index contributed by atoms with van der Waals surface area (Å²) in [5.41, 5.74) is -0.0717. The SMILES string of the molecule is COc1ccc([C@H](NC(=O)NC2CCC(O)CC2)C(F)(F)F)cc1. The molecule has 134 valence electrons. The van der Waals surface area contributed by atoms with Crippen molar-refractivity contribution in [2.24, 2.45) is 0 Å². The highest BCUT2D eigenvalue weighted by Crippen LogP contribution is 2.33. The molecule has 2 amide bonds. The van der Waals surface area contributed by atoms with Gasteiger partial charge in [0.25, 0.3) is 0 Å². The van der Waals surface area contributed by atoms with E-state index in [2.05, 4.69) is 5.32 Å². The Morgan fingerprint density at radius 3 is 2.29 bits per heavy atom. The molecular formula is C16H21F3N2O3. The number of benzene rings is 1. The third kappa shape index (κ3) is 5.02. The number of hydrogen-bond acceptors (Lipinski definition) is 3. The van der Waals surface area contributed by atoms with E-state index in [0.29, 0.717) is 31.4 Å². The number of halogens is 3. The van der Waals surface area contributed by atoms with Crippen molar-refractivity contribution in [2.75, 3.05) is 7.11 Å². The summed E-state index contributed by atoms with van der Waals surface area (Å²) in [4.78, 5) is 11.9. The monoisotopic (exact) mass is 346 g/mol. The first-order valence-corrected chi connectivity index (χ1v) is 7.75. The van der Waals surface area contributed by atoms with Crippen LogP contribution in [-0.2, 0) is 0 Å². The number of alkyl halides is 3.